The summed E-state index contributed by atoms with van der Waals surface area (Å²) in [6, 6.07) is 20.8. The van der Waals surface area contributed by atoms with Crippen molar-refractivity contribution in [3.8, 4) is 6.07 Å². The molecule has 0 atom stereocenters. The molecule has 0 spiro atoms. The second kappa shape index (κ2) is 13.1. The Morgan fingerprint density at radius 1 is 1.02 bits per heavy atom. The van der Waals surface area contributed by atoms with Crippen molar-refractivity contribution < 1.29 is 4.79 Å². The zero-order chi connectivity index (χ0) is 29.8. The molecule has 3 aromatic rings. The Kier molecular flexibility index (Phi) is 9.30. The monoisotopic (exact) mass is 596 g/mol. The molecule has 42 heavy (non-hydrogen) atoms. The number of pyridine rings is 1. The summed E-state index contributed by atoms with van der Waals surface area (Å²) in [6.07, 6.45) is 5.67. The average molecular weight is 597 g/mol. The van der Waals surface area contributed by atoms with Crippen LogP contribution in [0.3, 0.4) is 0 Å². The molecule has 8 heteroatoms. The highest BCUT2D eigenvalue weighted by atomic mass is 32.2. The van der Waals surface area contributed by atoms with Gasteiger partial charge in [0.1, 0.15) is 21.8 Å². The van der Waals surface area contributed by atoms with E-state index in [1.807, 2.05) is 57.2 Å². The lowest BCUT2D eigenvalue weighted by atomic mass is 9.90. The molecule has 2 aliphatic rings. The SMILES string of the molecule is CCCn1c(N2CCC(Cc3ccccc3)CC2)c(/C=C2\SC(=S)N(Cc3ccc(C)cc3)C2=O)c(C)c(C#N)c1=O. The van der Waals surface area contributed by atoms with Crippen LogP contribution in [0.25, 0.3) is 6.08 Å². The van der Waals surface area contributed by atoms with Crippen LogP contribution in [0.15, 0.2) is 64.3 Å². The Morgan fingerprint density at radius 3 is 2.36 bits per heavy atom. The summed E-state index contributed by atoms with van der Waals surface area (Å²) < 4.78 is 2.26. The number of thioether (sulfide) groups is 1. The molecule has 2 aliphatic heterocycles. The zero-order valence-electron chi connectivity index (χ0n) is 24.4. The predicted molar refractivity (Wildman–Crippen MR) is 175 cm³/mol. The molecule has 2 aromatic carbocycles. The van der Waals surface area contributed by atoms with Crippen molar-refractivity contribution in [1.82, 2.24) is 9.47 Å². The van der Waals surface area contributed by atoms with E-state index < -0.39 is 0 Å². The number of thiocarbonyl (C=S) groups is 1. The van der Waals surface area contributed by atoms with Crippen molar-refractivity contribution in [2.24, 2.45) is 5.92 Å². The van der Waals surface area contributed by atoms with Crippen LogP contribution in [0, 0.1) is 31.1 Å². The lowest BCUT2D eigenvalue weighted by molar-refractivity contribution is -0.122. The molecule has 216 valence electrons. The summed E-state index contributed by atoms with van der Waals surface area (Å²) in [5, 5.41) is 9.97. The molecule has 0 unspecified atom stereocenters. The van der Waals surface area contributed by atoms with E-state index in [0.717, 1.165) is 61.3 Å². The number of aryl methyl sites for hydroxylation is 1. The number of benzene rings is 2. The van der Waals surface area contributed by atoms with Gasteiger partial charge in [-0.05, 0) is 68.2 Å². The molecular weight excluding hydrogens is 561 g/mol. The van der Waals surface area contributed by atoms with E-state index >= 15 is 0 Å². The highest BCUT2D eigenvalue weighted by Gasteiger charge is 2.34. The maximum Gasteiger partial charge on any atom is 0.270 e. The Balaban J connectivity index is 1.49. The second-order valence-corrected chi connectivity index (χ2v) is 12.9. The number of rotatable bonds is 8. The minimum absolute atomic E-state index is 0.132. The van der Waals surface area contributed by atoms with Crippen LogP contribution in [0.1, 0.15) is 59.6 Å². The first-order valence-electron chi connectivity index (χ1n) is 14.6. The number of nitriles is 1. The molecular formula is C34H36N4O2S2. The number of anilines is 1. The van der Waals surface area contributed by atoms with Crippen LogP contribution < -0.4 is 10.5 Å². The van der Waals surface area contributed by atoms with Crippen molar-refractivity contribution in [3.63, 3.8) is 0 Å². The summed E-state index contributed by atoms with van der Waals surface area (Å²) in [7, 11) is 0. The third-order valence-electron chi connectivity index (χ3n) is 8.19. The van der Waals surface area contributed by atoms with Gasteiger partial charge < -0.3 is 4.90 Å². The topological polar surface area (TPSA) is 69.3 Å². The van der Waals surface area contributed by atoms with E-state index in [1.165, 1.54) is 17.3 Å². The summed E-state index contributed by atoms with van der Waals surface area (Å²) in [5.74, 6) is 1.22. The first-order chi connectivity index (χ1) is 20.3. The fourth-order valence-corrected chi connectivity index (χ4v) is 7.09. The molecule has 5 rings (SSSR count). The summed E-state index contributed by atoms with van der Waals surface area (Å²) >= 11 is 6.92. The smallest absolute Gasteiger partial charge is 0.270 e. The Morgan fingerprint density at radius 2 is 1.71 bits per heavy atom. The number of carbonyl (C=O) groups excluding carboxylic acids is 1. The quantitative estimate of drug-likeness (QED) is 0.215. The van der Waals surface area contributed by atoms with E-state index in [0.29, 0.717) is 33.8 Å². The van der Waals surface area contributed by atoms with E-state index in [1.54, 1.807) is 9.47 Å². The van der Waals surface area contributed by atoms with E-state index in [9.17, 15) is 14.9 Å². The van der Waals surface area contributed by atoms with Gasteiger partial charge in [-0.2, -0.15) is 5.26 Å². The van der Waals surface area contributed by atoms with Crippen LogP contribution in [-0.4, -0.2) is 32.8 Å². The van der Waals surface area contributed by atoms with Crippen LogP contribution >= 0.6 is 24.0 Å². The van der Waals surface area contributed by atoms with Crippen molar-refractivity contribution in [2.75, 3.05) is 18.0 Å². The maximum absolute atomic E-state index is 13.6. The number of hydrogen-bond donors (Lipinski definition) is 0. The van der Waals surface area contributed by atoms with Crippen molar-refractivity contribution in [1.29, 1.82) is 5.26 Å². The molecule has 2 saturated heterocycles. The first-order valence-corrected chi connectivity index (χ1v) is 15.8. The molecule has 0 N–H and O–H groups in total. The number of piperidine rings is 1. The molecule has 0 bridgehead atoms. The third kappa shape index (κ3) is 6.23. The first kappa shape index (κ1) is 29.8. The number of aromatic nitrogens is 1. The van der Waals surface area contributed by atoms with Gasteiger partial charge in [-0.25, -0.2) is 0 Å². The minimum Gasteiger partial charge on any atom is -0.357 e. The molecule has 0 radical (unpaired) electrons. The number of carbonyl (C=O) groups is 1. The highest BCUT2D eigenvalue weighted by Crippen LogP contribution is 2.37. The molecule has 6 nitrogen and oxygen atoms in total. The minimum atomic E-state index is -0.262. The highest BCUT2D eigenvalue weighted by molar-refractivity contribution is 8.26. The van der Waals surface area contributed by atoms with Gasteiger partial charge in [0.15, 0.2) is 0 Å². The second-order valence-electron chi connectivity index (χ2n) is 11.2. The Labute approximate surface area is 257 Å². The van der Waals surface area contributed by atoms with E-state index in [2.05, 4.69) is 35.2 Å². The molecule has 1 amide bonds. The van der Waals surface area contributed by atoms with Gasteiger partial charge in [-0.3, -0.25) is 19.1 Å². The molecule has 1 aromatic heterocycles. The molecule has 0 aliphatic carbocycles. The zero-order valence-corrected chi connectivity index (χ0v) is 26.1. The van der Waals surface area contributed by atoms with Crippen LogP contribution in [0.2, 0.25) is 0 Å². The van der Waals surface area contributed by atoms with Gasteiger partial charge in [0.2, 0.25) is 0 Å². The Bertz CT molecular complexity index is 1610. The standard InChI is InChI=1S/C34H36N4O2S2/c1-4-16-37-31(36-17-14-26(15-18-36)19-25-8-6-5-7-9-25)28(24(3)29(21-35)32(37)39)20-30-33(40)38(34(41)42-30)22-27-12-10-23(2)11-13-27/h5-13,20,26H,4,14-19,22H2,1-3H3/b30-20-. The van der Waals surface area contributed by atoms with Gasteiger partial charge in [-0.15, -0.1) is 0 Å². The van der Waals surface area contributed by atoms with Crippen molar-refractivity contribution >= 4 is 46.1 Å². The van der Waals surface area contributed by atoms with Crippen molar-refractivity contribution in [3.05, 3.63) is 103 Å². The third-order valence-corrected chi connectivity index (χ3v) is 9.56. The van der Waals surface area contributed by atoms with Gasteiger partial charge in [-0.1, -0.05) is 91.1 Å². The summed E-state index contributed by atoms with van der Waals surface area (Å²) in [4.78, 5) is 31.6. The fraction of sp³-hybridized carbons (Fsp3) is 0.353. The van der Waals surface area contributed by atoms with Crippen LogP contribution in [0.4, 0.5) is 5.82 Å². The van der Waals surface area contributed by atoms with Gasteiger partial charge >= 0.3 is 0 Å². The fourth-order valence-electron chi connectivity index (χ4n) is 5.86. The van der Waals surface area contributed by atoms with Gasteiger partial charge in [0, 0.05) is 25.2 Å². The largest absolute Gasteiger partial charge is 0.357 e. The maximum atomic E-state index is 13.6. The average Bonchev–Trinajstić information content (AvgIpc) is 3.25. The van der Waals surface area contributed by atoms with Crippen molar-refractivity contribution in [2.45, 2.75) is 59.5 Å². The van der Waals surface area contributed by atoms with Gasteiger partial charge in [0.05, 0.1) is 11.4 Å². The molecule has 0 saturated carbocycles. The number of amides is 1. The van der Waals surface area contributed by atoms with Gasteiger partial charge in [0.25, 0.3) is 11.5 Å². The number of nitrogens with zero attached hydrogens (tertiary/aromatic N) is 4. The lowest BCUT2D eigenvalue weighted by Crippen LogP contribution is -2.40. The summed E-state index contributed by atoms with van der Waals surface area (Å²) in [6.45, 7) is 8.41. The summed E-state index contributed by atoms with van der Waals surface area (Å²) in [5.41, 5.74) is 4.76. The predicted octanol–water partition coefficient (Wildman–Crippen LogP) is 6.61. The van der Waals surface area contributed by atoms with Crippen LogP contribution in [-0.2, 0) is 24.3 Å². The normalized spacial score (nSPS) is 16.9. The van der Waals surface area contributed by atoms with Crippen LogP contribution in [0.5, 0.6) is 0 Å². The van der Waals surface area contributed by atoms with E-state index in [4.69, 9.17) is 12.2 Å². The molecule has 3 heterocycles. The number of hydrogen-bond acceptors (Lipinski definition) is 6. The van der Waals surface area contributed by atoms with E-state index in [-0.39, 0.29) is 17.0 Å². The molecule has 2 fully saturated rings. The Hall–Kier alpha value is -3.67. The lowest BCUT2D eigenvalue weighted by Gasteiger charge is -2.36.